The Morgan fingerprint density at radius 1 is 1.56 bits per heavy atom. The van der Waals surface area contributed by atoms with Crippen LogP contribution in [0.2, 0.25) is 0 Å². The third kappa shape index (κ3) is 3.46. The van der Waals surface area contributed by atoms with Crippen molar-refractivity contribution in [1.29, 1.82) is 0 Å². The molecule has 0 fully saturated rings. The normalized spacial score (nSPS) is 13.6. The molecule has 0 radical (unpaired) electrons. The predicted octanol–water partition coefficient (Wildman–Crippen LogP) is 0.295. The molecule has 0 aliphatic heterocycles. The van der Waals surface area contributed by atoms with Crippen LogP contribution in [0.5, 0.6) is 0 Å². The summed E-state index contributed by atoms with van der Waals surface area (Å²) in [6.07, 6.45) is 3.12. The van der Waals surface area contributed by atoms with Gasteiger partial charge in [0, 0.05) is 6.08 Å². The first kappa shape index (κ1) is 7.88. The topological polar surface area (TPSA) is 61.3 Å². The quantitative estimate of drug-likeness (QED) is 0.415. The van der Waals surface area contributed by atoms with Crippen LogP contribution in [0.25, 0.3) is 0 Å². The van der Waals surface area contributed by atoms with Crippen LogP contribution >= 0.6 is 0 Å². The Morgan fingerprint density at radius 2 is 2.11 bits per heavy atom. The lowest BCUT2D eigenvalue weighted by Crippen LogP contribution is -1.99. The van der Waals surface area contributed by atoms with Crippen LogP contribution in [0.15, 0.2) is 23.7 Å². The molecule has 0 heterocycles. The maximum atomic E-state index is 5.29. The minimum Gasteiger partial charge on any atom is -0.483 e. The van der Waals surface area contributed by atoms with E-state index in [1.165, 1.54) is 13.3 Å². The molecule has 0 aromatic carbocycles. The fourth-order valence-corrected chi connectivity index (χ4v) is 0.331. The first-order valence-electron chi connectivity index (χ1n) is 2.60. The SMILES string of the molecule is CO/C(N)=C/C(C)=C\N. The molecule has 0 saturated heterocycles. The zero-order valence-corrected chi connectivity index (χ0v) is 5.72. The molecule has 9 heavy (non-hydrogen) atoms. The zero-order chi connectivity index (χ0) is 7.28. The first-order chi connectivity index (χ1) is 4.20. The van der Waals surface area contributed by atoms with Crippen LogP contribution in [0, 0.1) is 0 Å². The van der Waals surface area contributed by atoms with E-state index in [2.05, 4.69) is 4.74 Å². The van der Waals surface area contributed by atoms with Crippen molar-refractivity contribution in [2.75, 3.05) is 7.11 Å². The Hall–Kier alpha value is -1.12. The van der Waals surface area contributed by atoms with Gasteiger partial charge in [-0.3, -0.25) is 0 Å². The molecule has 0 amide bonds. The van der Waals surface area contributed by atoms with E-state index in [0.29, 0.717) is 5.88 Å². The van der Waals surface area contributed by atoms with E-state index in [1.807, 2.05) is 6.92 Å². The Bertz CT molecular complexity index is 138. The summed E-state index contributed by atoms with van der Waals surface area (Å²) in [6, 6.07) is 0. The summed E-state index contributed by atoms with van der Waals surface area (Å²) >= 11 is 0. The molecule has 0 spiro atoms. The highest BCUT2D eigenvalue weighted by Crippen LogP contribution is 1.94. The van der Waals surface area contributed by atoms with Crippen LogP contribution < -0.4 is 11.5 Å². The average Bonchev–Trinajstić information content (AvgIpc) is 1.87. The van der Waals surface area contributed by atoms with Gasteiger partial charge in [-0.1, -0.05) is 0 Å². The molecule has 0 aromatic rings. The Labute approximate surface area is 55.0 Å². The summed E-state index contributed by atoms with van der Waals surface area (Å²) in [5.41, 5.74) is 11.3. The first-order valence-corrected chi connectivity index (χ1v) is 2.60. The highest BCUT2D eigenvalue weighted by Gasteiger charge is 1.84. The number of methoxy groups -OCH3 is 1. The number of allylic oxidation sites excluding steroid dienone is 2. The van der Waals surface area contributed by atoms with Crippen molar-refractivity contribution < 1.29 is 4.74 Å². The Morgan fingerprint density at radius 3 is 2.44 bits per heavy atom. The summed E-state index contributed by atoms with van der Waals surface area (Å²) in [7, 11) is 1.51. The van der Waals surface area contributed by atoms with Crippen LogP contribution in [-0.4, -0.2) is 7.11 Å². The third-order valence-corrected chi connectivity index (χ3v) is 0.869. The number of rotatable bonds is 2. The summed E-state index contributed by atoms with van der Waals surface area (Å²) in [6.45, 7) is 1.84. The summed E-state index contributed by atoms with van der Waals surface area (Å²) in [5, 5.41) is 0. The van der Waals surface area contributed by atoms with Crippen LogP contribution in [0.4, 0.5) is 0 Å². The highest BCUT2D eigenvalue weighted by molar-refractivity contribution is 5.15. The monoisotopic (exact) mass is 128 g/mol. The van der Waals surface area contributed by atoms with Gasteiger partial charge in [-0.05, 0) is 18.7 Å². The second-order valence-electron chi connectivity index (χ2n) is 1.66. The van der Waals surface area contributed by atoms with E-state index in [-0.39, 0.29) is 0 Å². The second kappa shape index (κ2) is 3.83. The van der Waals surface area contributed by atoms with Gasteiger partial charge in [0.2, 0.25) is 0 Å². The molecule has 4 N–H and O–H groups in total. The van der Waals surface area contributed by atoms with Crippen LogP contribution in [0.1, 0.15) is 6.92 Å². The molecule has 0 rings (SSSR count). The van der Waals surface area contributed by atoms with E-state index < -0.39 is 0 Å². The van der Waals surface area contributed by atoms with Crippen molar-refractivity contribution in [3.63, 3.8) is 0 Å². The van der Waals surface area contributed by atoms with Gasteiger partial charge in [0.05, 0.1) is 7.11 Å². The second-order valence-corrected chi connectivity index (χ2v) is 1.66. The highest BCUT2D eigenvalue weighted by atomic mass is 16.5. The van der Waals surface area contributed by atoms with Gasteiger partial charge in [0.1, 0.15) is 0 Å². The standard InChI is InChI=1S/C6H12N2O/c1-5(4-7)3-6(8)9-2/h3-4H,7-8H2,1-2H3/b5-4-,6-3+. The number of hydrogen-bond acceptors (Lipinski definition) is 3. The minimum atomic E-state index is 0.370. The molecule has 0 bridgehead atoms. The summed E-state index contributed by atoms with van der Waals surface area (Å²) in [4.78, 5) is 0. The number of hydrogen-bond donors (Lipinski definition) is 2. The van der Waals surface area contributed by atoms with Gasteiger partial charge in [-0.2, -0.15) is 0 Å². The summed E-state index contributed by atoms with van der Waals surface area (Å²) in [5.74, 6) is 0.370. The van der Waals surface area contributed by atoms with Crippen molar-refractivity contribution in [1.82, 2.24) is 0 Å². The van der Waals surface area contributed by atoms with Gasteiger partial charge in [-0.25, -0.2) is 0 Å². The molecule has 3 nitrogen and oxygen atoms in total. The maximum Gasteiger partial charge on any atom is 0.183 e. The van der Waals surface area contributed by atoms with Crippen molar-refractivity contribution in [3.8, 4) is 0 Å². The van der Waals surface area contributed by atoms with E-state index in [0.717, 1.165) is 5.57 Å². The van der Waals surface area contributed by atoms with Gasteiger partial charge in [-0.15, -0.1) is 0 Å². The maximum absolute atomic E-state index is 5.29. The van der Waals surface area contributed by atoms with Crippen molar-refractivity contribution in [2.24, 2.45) is 11.5 Å². The molecule has 0 aliphatic rings. The smallest absolute Gasteiger partial charge is 0.183 e. The third-order valence-electron chi connectivity index (χ3n) is 0.869. The lowest BCUT2D eigenvalue weighted by atomic mass is 10.3. The fourth-order valence-electron chi connectivity index (χ4n) is 0.331. The zero-order valence-electron chi connectivity index (χ0n) is 5.72. The van der Waals surface area contributed by atoms with E-state index in [4.69, 9.17) is 11.5 Å². The lowest BCUT2D eigenvalue weighted by Gasteiger charge is -1.96. The Balaban J connectivity index is 3.95. The van der Waals surface area contributed by atoms with Crippen molar-refractivity contribution >= 4 is 0 Å². The van der Waals surface area contributed by atoms with Crippen LogP contribution in [-0.2, 0) is 4.74 Å². The number of nitrogens with two attached hydrogens (primary N) is 2. The van der Waals surface area contributed by atoms with Gasteiger partial charge in [0.15, 0.2) is 5.88 Å². The molecule has 0 aromatic heterocycles. The molecule has 0 atom stereocenters. The van der Waals surface area contributed by atoms with E-state index in [1.54, 1.807) is 6.08 Å². The minimum absolute atomic E-state index is 0.370. The molecule has 0 saturated carbocycles. The molecule has 0 unspecified atom stereocenters. The van der Waals surface area contributed by atoms with Crippen molar-refractivity contribution in [3.05, 3.63) is 23.7 Å². The predicted molar refractivity (Wildman–Crippen MR) is 37.2 cm³/mol. The molecule has 0 aliphatic carbocycles. The fraction of sp³-hybridized carbons (Fsp3) is 0.333. The number of ether oxygens (including phenoxy) is 1. The lowest BCUT2D eigenvalue weighted by molar-refractivity contribution is 0.287. The van der Waals surface area contributed by atoms with Crippen molar-refractivity contribution in [2.45, 2.75) is 6.92 Å². The van der Waals surface area contributed by atoms with E-state index in [9.17, 15) is 0 Å². The van der Waals surface area contributed by atoms with Crippen LogP contribution in [0.3, 0.4) is 0 Å². The van der Waals surface area contributed by atoms with Gasteiger partial charge in [0.25, 0.3) is 0 Å². The average molecular weight is 128 g/mol. The molecule has 3 heteroatoms. The van der Waals surface area contributed by atoms with Gasteiger partial charge < -0.3 is 16.2 Å². The molecular weight excluding hydrogens is 116 g/mol. The van der Waals surface area contributed by atoms with E-state index >= 15 is 0 Å². The largest absolute Gasteiger partial charge is 0.483 e. The molecular formula is C6H12N2O. The molecule has 52 valence electrons. The summed E-state index contributed by atoms with van der Waals surface area (Å²) < 4.78 is 4.67. The van der Waals surface area contributed by atoms with Gasteiger partial charge >= 0.3 is 0 Å². The Kier molecular flexibility index (Phi) is 3.35.